The first-order chi connectivity index (χ1) is 17.1. The zero-order valence-corrected chi connectivity index (χ0v) is 22.1. The minimum Gasteiger partial charge on any atom is -0.486 e. The molecule has 0 aliphatic carbocycles. The first kappa shape index (κ1) is 27.3. The van der Waals surface area contributed by atoms with Gasteiger partial charge in [0.25, 0.3) is 0 Å². The van der Waals surface area contributed by atoms with Crippen LogP contribution in [-0.2, 0) is 26.2 Å². The minimum absolute atomic E-state index is 0.164. The zero-order valence-electron chi connectivity index (χ0n) is 21.3. The number of hydrogen-bond donors (Lipinski definition) is 1. The van der Waals surface area contributed by atoms with Gasteiger partial charge in [0.2, 0.25) is 21.8 Å². The molecule has 36 heavy (non-hydrogen) atoms. The summed E-state index contributed by atoms with van der Waals surface area (Å²) in [7, 11) is -3.82. The largest absolute Gasteiger partial charge is 0.486 e. The highest BCUT2D eigenvalue weighted by Gasteiger charge is 2.31. The maximum atomic E-state index is 13.7. The second-order valence-electron chi connectivity index (χ2n) is 9.06. The van der Waals surface area contributed by atoms with E-state index in [4.69, 9.17) is 9.47 Å². The number of nitrogens with zero attached hydrogens (tertiary/aromatic N) is 2. The van der Waals surface area contributed by atoms with E-state index in [1.807, 2.05) is 44.2 Å². The van der Waals surface area contributed by atoms with Crippen LogP contribution in [0.1, 0.15) is 33.3 Å². The fraction of sp³-hybridized carbons (Fsp3) is 0.462. The molecule has 196 valence electrons. The third kappa shape index (κ3) is 6.90. The van der Waals surface area contributed by atoms with E-state index >= 15 is 0 Å². The molecule has 2 aromatic rings. The average molecular weight is 518 g/mol. The van der Waals surface area contributed by atoms with Crippen molar-refractivity contribution in [2.75, 3.05) is 36.4 Å². The summed E-state index contributed by atoms with van der Waals surface area (Å²) in [5.74, 6) is 0.212. The lowest BCUT2D eigenvalue weighted by atomic mass is 10.1. The van der Waals surface area contributed by atoms with E-state index in [9.17, 15) is 18.0 Å². The highest BCUT2D eigenvalue weighted by atomic mass is 32.2. The summed E-state index contributed by atoms with van der Waals surface area (Å²) in [5.41, 5.74) is 1.13. The summed E-state index contributed by atoms with van der Waals surface area (Å²) in [6.45, 7) is 8.09. The molecule has 9 nitrogen and oxygen atoms in total. The Balaban J connectivity index is 1.91. The molecule has 0 spiro atoms. The quantitative estimate of drug-likeness (QED) is 0.492. The highest BCUT2D eigenvalue weighted by Crippen LogP contribution is 2.35. The van der Waals surface area contributed by atoms with Crippen LogP contribution in [0, 0.1) is 5.92 Å². The third-order valence-corrected chi connectivity index (χ3v) is 7.58. The van der Waals surface area contributed by atoms with Crippen LogP contribution in [-0.4, -0.2) is 63.2 Å². The van der Waals surface area contributed by atoms with Crippen molar-refractivity contribution >= 4 is 27.5 Å². The first-order valence-electron chi connectivity index (χ1n) is 12.1. The molecule has 0 saturated carbocycles. The SMILES string of the molecule is CCS(=O)(=O)N(CC(=O)N(Cc1ccccc1)C(C)C(=O)NCC(C)C)c1ccc2c(c1)OCCO2. The second kappa shape index (κ2) is 12.1. The predicted octanol–water partition coefficient (Wildman–Crippen LogP) is 2.80. The molecule has 0 saturated heterocycles. The smallest absolute Gasteiger partial charge is 0.244 e. The molecule has 1 N–H and O–H groups in total. The Morgan fingerprint density at radius 1 is 1.00 bits per heavy atom. The Morgan fingerprint density at radius 2 is 1.67 bits per heavy atom. The Morgan fingerprint density at radius 3 is 2.31 bits per heavy atom. The van der Waals surface area contributed by atoms with Gasteiger partial charge in [-0.1, -0.05) is 44.2 Å². The average Bonchev–Trinajstić information content (AvgIpc) is 2.88. The van der Waals surface area contributed by atoms with Crippen molar-refractivity contribution in [3.05, 3.63) is 54.1 Å². The number of rotatable bonds is 11. The lowest BCUT2D eigenvalue weighted by molar-refractivity contribution is -0.139. The van der Waals surface area contributed by atoms with E-state index in [1.165, 1.54) is 11.8 Å². The maximum absolute atomic E-state index is 13.7. The van der Waals surface area contributed by atoms with E-state index < -0.39 is 28.5 Å². The fourth-order valence-electron chi connectivity index (χ4n) is 3.72. The number of ether oxygens (including phenoxy) is 2. The van der Waals surface area contributed by atoms with Gasteiger partial charge in [-0.15, -0.1) is 0 Å². The van der Waals surface area contributed by atoms with Crippen LogP contribution in [0.15, 0.2) is 48.5 Å². The molecule has 0 bridgehead atoms. The van der Waals surface area contributed by atoms with Gasteiger partial charge in [-0.25, -0.2) is 8.42 Å². The molecule has 2 amide bonds. The summed E-state index contributed by atoms with van der Waals surface area (Å²) < 4.78 is 38.4. The number of fused-ring (bicyclic) bond motifs is 1. The number of carbonyl (C=O) groups is 2. The molecular weight excluding hydrogens is 482 g/mol. The first-order valence-corrected chi connectivity index (χ1v) is 13.7. The van der Waals surface area contributed by atoms with E-state index in [0.717, 1.165) is 9.87 Å². The molecule has 1 aliphatic heterocycles. The minimum atomic E-state index is -3.82. The normalized spacial score (nSPS) is 13.7. The number of sulfonamides is 1. The van der Waals surface area contributed by atoms with Crippen LogP contribution in [0.2, 0.25) is 0 Å². The molecule has 1 heterocycles. The van der Waals surface area contributed by atoms with Gasteiger partial charge in [0.05, 0.1) is 11.4 Å². The number of benzene rings is 2. The molecule has 0 radical (unpaired) electrons. The van der Waals surface area contributed by atoms with Crippen molar-refractivity contribution in [3.63, 3.8) is 0 Å². The Labute approximate surface area is 213 Å². The van der Waals surface area contributed by atoms with Crippen LogP contribution in [0.25, 0.3) is 0 Å². The zero-order chi connectivity index (χ0) is 26.3. The summed E-state index contributed by atoms with van der Waals surface area (Å²) in [4.78, 5) is 28.0. The lowest BCUT2D eigenvalue weighted by Gasteiger charge is -2.32. The molecular formula is C26H35N3O6S. The predicted molar refractivity (Wildman–Crippen MR) is 139 cm³/mol. The number of nitrogens with one attached hydrogen (secondary N) is 1. The molecule has 0 fully saturated rings. The Bertz CT molecular complexity index is 1150. The molecule has 1 aliphatic rings. The van der Waals surface area contributed by atoms with Crippen LogP contribution in [0.5, 0.6) is 11.5 Å². The van der Waals surface area contributed by atoms with Gasteiger partial charge >= 0.3 is 0 Å². The van der Waals surface area contributed by atoms with Gasteiger partial charge in [-0.2, -0.15) is 0 Å². The van der Waals surface area contributed by atoms with E-state index in [-0.39, 0.29) is 24.1 Å². The van der Waals surface area contributed by atoms with Gasteiger partial charge in [-0.05, 0) is 37.5 Å². The summed E-state index contributed by atoms with van der Waals surface area (Å²) in [6.07, 6.45) is 0. The van der Waals surface area contributed by atoms with Gasteiger partial charge in [0.15, 0.2) is 11.5 Å². The van der Waals surface area contributed by atoms with Crippen LogP contribution in [0.4, 0.5) is 5.69 Å². The molecule has 10 heteroatoms. The Kier molecular flexibility index (Phi) is 9.19. The highest BCUT2D eigenvalue weighted by molar-refractivity contribution is 7.92. The monoisotopic (exact) mass is 517 g/mol. The van der Waals surface area contributed by atoms with Crippen molar-refractivity contribution in [3.8, 4) is 11.5 Å². The molecule has 2 aromatic carbocycles. The van der Waals surface area contributed by atoms with E-state index in [0.29, 0.717) is 36.9 Å². The van der Waals surface area contributed by atoms with Crippen molar-refractivity contribution in [1.29, 1.82) is 0 Å². The van der Waals surface area contributed by atoms with Crippen molar-refractivity contribution in [1.82, 2.24) is 10.2 Å². The number of anilines is 1. The van der Waals surface area contributed by atoms with Crippen LogP contribution >= 0.6 is 0 Å². The van der Waals surface area contributed by atoms with E-state index in [1.54, 1.807) is 25.1 Å². The fourth-order valence-corrected chi connectivity index (χ4v) is 4.78. The molecule has 1 unspecified atom stereocenters. The number of amides is 2. The van der Waals surface area contributed by atoms with Crippen molar-refractivity contribution in [2.24, 2.45) is 5.92 Å². The summed E-state index contributed by atoms with van der Waals surface area (Å²) in [6, 6.07) is 13.3. The number of hydrogen-bond acceptors (Lipinski definition) is 6. The standard InChI is InChI=1S/C26H35N3O6S/c1-5-36(32,33)29(22-11-12-23-24(15-22)35-14-13-34-23)18-25(30)28(17-21-9-7-6-8-10-21)20(4)26(31)27-16-19(2)3/h6-12,15,19-20H,5,13-14,16-18H2,1-4H3,(H,27,31). The lowest BCUT2D eigenvalue weighted by Crippen LogP contribution is -2.51. The third-order valence-electron chi connectivity index (χ3n) is 5.84. The van der Waals surface area contributed by atoms with E-state index in [2.05, 4.69) is 5.32 Å². The van der Waals surface area contributed by atoms with Gasteiger partial charge in [-0.3, -0.25) is 13.9 Å². The van der Waals surface area contributed by atoms with Gasteiger partial charge < -0.3 is 19.7 Å². The molecule has 3 rings (SSSR count). The van der Waals surface area contributed by atoms with Gasteiger partial charge in [0, 0.05) is 19.2 Å². The van der Waals surface area contributed by atoms with Crippen LogP contribution < -0.4 is 19.1 Å². The van der Waals surface area contributed by atoms with Crippen molar-refractivity contribution < 1.29 is 27.5 Å². The summed E-state index contributed by atoms with van der Waals surface area (Å²) >= 11 is 0. The second-order valence-corrected chi connectivity index (χ2v) is 11.2. The molecule has 0 aromatic heterocycles. The number of carbonyl (C=O) groups excluding carboxylic acids is 2. The maximum Gasteiger partial charge on any atom is 0.244 e. The molecule has 1 atom stereocenters. The van der Waals surface area contributed by atoms with Crippen LogP contribution in [0.3, 0.4) is 0 Å². The van der Waals surface area contributed by atoms with Crippen molar-refractivity contribution in [2.45, 2.75) is 40.3 Å². The van der Waals surface area contributed by atoms with Gasteiger partial charge in [0.1, 0.15) is 25.8 Å². The topological polar surface area (TPSA) is 105 Å². The Hall–Kier alpha value is -3.27. The summed E-state index contributed by atoms with van der Waals surface area (Å²) in [5, 5.41) is 2.87.